The van der Waals surface area contributed by atoms with E-state index in [1.807, 2.05) is 30.3 Å². The molecule has 0 aliphatic carbocycles. The fourth-order valence-corrected chi connectivity index (χ4v) is 2.87. The predicted octanol–water partition coefficient (Wildman–Crippen LogP) is 4.89. The number of carbonyl (C=O) groups excluding carboxylic acids is 1. The number of fused-ring (bicyclic) bond motifs is 1. The van der Waals surface area contributed by atoms with E-state index in [9.17, 15) is 18.0 Å². The Morgan fingerprint density at radius 1 is 1.14 bits per heavy atom. The van der Waals surface area contributed by atoms with Crippen LogP contribution < -0.4 is 5.32 Å². The molecule has 0 saturated carbocycles. The molecule has 1 heterocycles. The fourth-order valence-electron chi connectivity index (χ4n) is 2.87. The van der Waals surface area contributed by atoms with Crippen LogP contribution in [0.2, 0.25) is 0 Å². The number of hydrogen-bond donors (Lipinski definition) is 1. The van der Waals surface area contributed by atoms with E-state index in [1.165, 1.54) is 19.2 Å². The zero-order valence-corrected chi connectivity index (χ0v) is 15.3. The molecule has 1 N–H and O–H groups in total. The molecule has 0 saturated heterocycles. The van der Waals surface area contributed by atoms with Gasteiger partial charge >= 0.3 is 6.18 Å². The molecule has 0 bridgehead atoms. The summed E-state index contributed by atoms with van der Waals surface area (Å²) in [5, 5.41) is 3.73. The summed E-state index contributed by atoms with van der Waals surface area (Å²) in [4.78, 5) is 12.1. The number of carbonyl (C=O) groups is 1. The Labute approximate surface area is 160 Å². The lowest BCUT2D eigenvalue weighted by atomic mass is 10.1. The quantitative estimate of drug-likeness (QED) is 0.624. The van der Waals surface area contributed by atoms with Crippen molar-refractivity contribution in [1.29, 1.82) is 0 Å². The summed E-state index contributed by atoms with van der Waals surface area (Å²) < 4.78 is 48.9. The van der Waals surface area contributed by atoms with E-state index < -0.39 is 17.8 Å². The Morgan fingerprint density at radius 2 is 1.86 bits per heavy atom. The standard InChI is InChI=1S/C21H20F3NO3/c1-27-19(18-12-15-4-2-3-5-17(15)28-18)13-25-20(26)11-8-14-6-9-16(10-7-14)21(22,23)24/h2-7,9-10,12,19H,8,11,13H2,1H3,(H,25,26). The van der Waals surface area contributed by atoms with Gasteiger partial charge in [-0.25, -0.2) is 0 Å². The van der Waals surface area contributed by atoms with Crippen LogP contribution in [-0.4, -0.2) is 19.6 Å². The van der Waals surface area contributed by atoms with Gasteiger partial charge < -0.3 is 14.5 Å². The summed E-state index contributed by atoms with van der Waals surface area (Å²) >= 11 is 0. The summed E-state index contributed by atoms with van der Waals surface area (Å²) in [6.45, 7) is 0.238. The van der Waals surface area contributed by atoms with Crippen LogP contribution >= 0.6 is 0 Å². The molecule has 3 aromatic rings. The van der Waals surface area contributed by atoms with Gasteiger partial charge in [0.2, 0.25) is 5.91 Å². The largest absolute Gasteiger partial charge is 0.458 e. The molecule has 0 spiro atoms. The van der Waals surface area contributed by atoms with Crippen LogP contribution in [0.15, 0.2) is 59.0 Å². The van der Waals surface area contributed by atoms with Crippen LogP contribution in [0.4, 0.5) is 13.2 Å². The number of methoxy groups -OCH3 is 1. The van der Waals surface area contributed by atoms with E-state index in [0.29, 0.717) is 17.7 Å². The first-order chi connectivity index (χ1) is 13.4. The Balaban J connectivity index is 1.51. The molecule has 1 amide bonds. The number of aryl methyl sites for hydroxylation is 1. The number of halogens is 3. The Morgan fingerprint density at radius 3 is 2.50 bits per heavy atom. The molecule has 7 heteroatoms. The van der Waals surface area contributed by atoms with Crippen LogP contribution in [0.5, 0.6) is 0 Å². The van der Waals surface area contributed by atoms with E-state index in [0.717, 1.165) is 23.1 Å². The number of hydrogen-bond acceptors (Lipinski definition) is 3. The highest BCUT2D eigenvalue weighted by Gasteiger charge is 2.29. The van der Waals surface area contributed by atoms with Gasteiger partial charge in [0.15, 0.2) is 0 Å². The molecule has 148 valence electrons. The van der Waals surface area contributed by atoms with Crippen molar-refractivity contribution in [3.05, 3.63) is 71.5 Å². The van der Waals surface area contributed by atoms with E-state index in [-0.39, 0.29) is 18.9 Å². The molecule has 2 aromatic carbocycles. The molecule has 0 aliphatic rings. The van der Waals surface area contributed by atoms with Crippen LogP contribution in [0.3, 0.4) is 0 Å². The maximum absolute atomic E-state index is 12.6. The van der Waals surface area contributed by atoms with Gasteiger partial charge in [0, 0.05) is 18.9 Å². The van der Waals surface area contributed by atoms with Gasteiger partial charge in [-0.15, -0.1) is 0 Å². The predicted molar refractivity (Wildman–Crippen MR) is 98.7 cm³/mol. The van der Waals surface area contributed by atoms with Gasteiger partial charge in [0.05, 0.1) is 12.1 Å². The second kappa shape index (κ2) is 8.48. The van der Waals surface area contributed by atoms with Crippen molar-refractivity contribution in [3.63, 3.8) is 0 Å². The van der Waals surface area contributed by atoms with Crippen molar-refractivity contribution in [2.75, 3.05) is 13.7 Å². The third kappa shape index (κ3) is 4.92. The summed E-state index contributed by atoms with van der Waals surface area (Å²) in [5.41, 5.74) is 0.714. The topological polar surface area (TPSA) is 51.5 Å². The SMILES string of the molecule is COC(CNC(=O)CCc1ccc(C(F)(F)F)cc1)c1cc2ccccc2o1. The number of alkyl halides is 3. The highest BCUT2D eigenvalue weighted by atomic mass is 19.4. The van der Waals surface area contributed by atoms with Gasteiger partial charge in [-0.2, -0.15) is 13.2 Å². The fraction of sp³-hybridized carbons (Fsp3) is 0.286. The zero-order chi connectivity index (χ0) is 20.1. The number of rotatable bonds is 7. The smallest absolute Gasteiger partial charge is 0.416 e. The zero-order valence-electron chi connectivity index (χ0n) is 15.3. The van der Waals surface area contributed by atoms with Crippen LogP contribution in [0, 0.1) is 0 Å². The van der Waals surface area contributed by atoms with Crippen molar-refractivity contribution in [2.24, 2.45) is 0 Å². The number of benzene rings is 2. The second-order valence-corrected chi connectivity index (χ2v) is 6.41. The number of amides is 1. The second-order valence-electron chi connectivity index (χ2n) is 6.41. The molecular formula is C21H20F3NO3. The summed E-state index contributed by atoms with van der Waals surface area (Å²) in [6.07, 6.45) is -4.27. The molecule has 0 fully saturated rings. The molecule has 1 aromatic heterocycles. The van der Waals surface area contributed by atoms with Gasteiger partial charge in [-0.3, -0.25) is 4.79 Å². The minimum atomic E-state index is -4.36. The normalized spacial score (nSPS) is 12.9. The van der Waals surface area contributed by atoms with Gasteiger partial charge in [0.25, 0.3) is 0 Å². The third-order valence-electron chi connectivity index (χ3n) is 4.45. The van der Waals surface area contributed by atoms with E-state index in [1.54, 1.807) is 0 Å². The van der Waals surface area contributed by atoms with Gasteiger partial charge in [0.1, 0.15) is 17.4 Å². The maximum atomic E-state index is 12.6. The molecule has 0 radical (unpaired) electrons. The Bertz CT molecular complexity index is 899. The van der Waals surface area contributed by atoms with Crippen LogP contribution in [0.1, 0.15) is 29.4 Å². The molecule has 0 aliphatic heterocycles. The monoisotopic (exact) mass is 391 g/mol. The number of ether oxygens (including phenoxy) is 1. The van der Waals surface area contributed by atoms with E-state index >= 15 is 0 Å². The minimum Gasteiger partial charge on any atom is -0.458 e. The van der Waals surface area contributed by atoms with Gasteiger partial charge in [-0.1, -0.05) is 30.3 Å². The molecular weight excluding hydrogens is 371 g/mol. The van der Waals surface area contributed by atoms with Crippen molar-refractivity contribution in [1.82, 2.24) is 5.32 Å². The summed E-state index contributed by atoms with van der Waals surface area (Å²) in [7, 11) is 1.53. The maximum Gasteiger partial charge on any atom is 0.416 e. The molecule has 4 nitrogen and oxygen atoms in total. The third-order valence-corrected chi connectivity index (χ3v) is 4.45. The molecule has 1 unspecified atom stereocenters. The average Bonchev–Trinajstić information content (AvgIpc) is 3.10. The highest BCUT2D eigenvalue weighted by Crippen LogP contribution is 2.29. The number of para-hydroxylation sites is 1. The number of nitrogens with one attached hydrogen (secondary N) is 1. The highest BCUT2D eigenvalue weighted by molar-refractivity contribution is 5.78. The van der Waals surface area contributed by atoms with Crippen LogP contribution in [0.25, 0.3) is 11.0 Å². The lowest BCUT2D eigenvalue weighted by Crippen LogP contribution is -2.29. The summed E-state index contributed by atoms with van der Waals surface area (Å²) in [6, 6.07) is 14.3. The first-order valence-corrected chi connectivity index (χ1v) is 8.81. The first kappa shape index (κ1) is 19.9. The van der Waals surface area contributed by atoms with Crippen molar-refractivity contribution >= 4 is 16.9 Å². The first-order valence-electron chi connectivity index (χ1n) is 8.81. The van der Waals surface area contributed by atoms with Crippen molar-refractivity contribution in [3.8, 4) is 0 Å². The Hall–Kier alpha value is -2.80. The number of furan rings is 1. The minimum absolute atomic E-state index is 0.169. The lowest BCUT2D eigenvalue weighted by molar-refractivity contribution is -0.137. The lowest BCUT2D eigenvalue weighted by Gasteiger charge is -2.14. The molecule has 1 atom stereocenters. The molecule has 3 rings (SSSR count). The average molecular weight is 391 g/mol. The van der Waals surface area contributed by atoms with Crippen molar-refractivity contribution in [2.45, 2.75) is 25.1 Å². The van der Waals surface area contributed by atoms with Gasteiger partial charge in [-0.05, 0) is 36.2 Å². The Kier molecular flexibility index (Phi) is 6.04. The van der Waals surface area contributed by atoms with E-state index in [2.05, 4.69) is 5.32 Å². The van der Waals surface area contributed by atoms with Crippen molar-refractivity contribution < 1.29 is 27.1 Å². The van der Waals surface area contributed by atoms with E-state index in [4.69, 9.17) is 9.15 Å². The molecule has 28 heavy (non-hydrogen) atoms. The summed E-state index contributed by atoms with van der Waals surface area (Å²) in [5.74, 6) is 0.407. The van der Waals surface area contributed by atoms with Crippen LogP contribution in [-0.2, 0) is 22.1 Å².